The number of methoxy groups -OCH3 is 1. The highest BCUT2D eigenvalue weighted by atomic mass is 16.5. The van der Waals surface area contributed by atoms with Gasteiger partial charge in [0.1, 0.15) is 0 Å². The van der Waals surface area contributed by atoms with Crippen LogP contribution >= 0.6 is 0 Å². The van der Waals surface area contributed by atoms with Crippen LogP contribution < -0.4 is 5.32 Å². The van der Waals surface area contributed by atoms with Crippen molar-refractivity contribution in [3.8, 4) is 0 Å². The Kier molecular flexibility index (Phi) is 3.68. The van der Waals surface area contributed by atoms with Crippen molar-refractivity contribution in [1.29, 1.82) is 0 Å². The van der Waals surface area contributed by atoms with Crippen LogP contribution in [0.2, 0.25) is 0 Å². The number of hydrogen-bond donors (Lipinski definition) is 1. The summed E-state index contributed by atoms with van der Waals surface area (Å²) in [6.45, 7) is 0. The molecular weight excluding hydrogens is 186 g/mol. The van der Waals surface area contributed by atoms with Crippen molar-refractivity contribution < 1.29 is 4.74 Å². The first-order valence-corrected chi connectivity index (χ1v) is 6.55. The van der Waals surface area contributed by atoms with Crippen LogP contribution in [0.4, 0.5) is 0 Å². The third-order valence-corrected chi connectivity index (χ3v) is 4.61. The van der Waals surface area contributed by atoms with E-state index in [0.717, 1.165) is 5.92 Å². The van der Waals surface area contributed by atoms with E-state index in [-0.39, 0.29) is 5.60 Å². The molecule has 0 aliphatic heterocycles. The Labute approximate surface area is 93.8 Å². The monoisotopic (exact) mass is 211 g/mol. The van der Waals surface area contributed by atoms with Crippen molar-refractivity contribution in [2.45, 2.75) is 63.0 Å². The number of likely N-dealkylation sites (N-methyl/N-ethyl adjacent to an activating group) is 1. The van der Waals surface area contributed by atoms with E-state index >= 15 is 0 Å². The van der Waals surface area contributed by atoms with Crippen molar-refractivity contribution in [3.63, 3.8) is 0 Å². The summed E-state index contributed by atoms with van der Waals surface area (Å²) < 4.78 is 5.90. The first-order valence-electron chi connectivity index (χ1n) is 6.55. The van der Waals surface area contributed by atoms with Crippen molar-refractivity contribution in [3.05, 3.63) is 0 Å². The molecule has 15 heavy (non-hydrogen) atoms. The molecule has 2 heteroatoms. The summed E-state index contributed by atoms with van der Waals surface area (Å²) in [6.07, 6.45) is 10.8. The second-order valence-corrected chi connectivity index (χ2v) is 5.29. The van der Waals surface area contributed by atoms with Crippen LogP contribution in [0, 0.1) is 5.92 Å². The lowest BCUT2D eigenvalue weighted by Gasteiger charge is -2.40. The lowest BCUT2D eigenvalue weighted by Crippen LogP contribution is -2.52. The molecule has 0 radical (unpaired) electrons. The van der Waals surface area contributed by atoms with Gasteiger partial charge in [0.15, 0.2) is 0 Å². The van der Waals surface area contributed by atoms with E-state index in [1.807, 2.05) is 7.11 Å². The zero-order valence-electron chi connectivity index (χ0n) is 10.2. The molecule has 2 aliphatic rings. The molecule has 0 aromatic rings. The van der Waals surface area contributed by atoms with Crippen LogP contribution in [0.5, 0.6) is 0 Å². The molecule has 0 aromatic carbocycles. The van der Waals surface area contributed by atoms with Gasteiger partial charge in [-0.15, -0.1) is 0 Å². The Morgan fingerprint density at radius 3 is 2.20 bits per heavy atom. The highest BCUT2D eigenvalue weighted by molar-refractivity contribution is 5.00. The highest BCUT2D eigenvalue weighted by Gasteiger charge is 2.44. The van der Waals surface area contributed by atoms with Crippen LogP contribution in [-0.2, 0) is 4.74 Å². The normalized spacial score (nSPS) is 28.4. The van der Waals surface area contributed by atoms with Crippen LogP contribution in [0.1, 0.15) is 51.4 Å². The first-order chi connectivity index (χ1) is 7.32. The summed E-state index contributed by atoms with van der Waals surface area (Å²) in [5.74, 6) is 0.855. The Morgan fingerprint density at radius 2 is 1.73 bits per heavy atom. The second-order valence-electron chi connectivity index (χ2n) is 5.29. The molecule has 0 aromatic heterocycles. The first kappa shape index (κ1) is 11.4. The Morgan fingerprint density at radius 1 is 1.13 bits per heavy atom. The molecule has 1 unspecified atom stereocenters. The van der Waals surface area contributed by atoms with Crippen molar-refractivity contribution in [1.82, 2.24) is 5.32 Å². The molecular formula is C13H25NO. The average molecular weight is 211 g/mol. The molecule has 1 N–H and O–H groups in total. The minimum absolute atomic E-state index is 0.157. The van der Waals surface area contributed by atoms with E-state index in [2.05, 4.69) is 12.4 Å². The topological polar surface area (TPSA) is 21.3 Å². The minimum atomic E-state index is 0.157. The van der Waals surface area contributed by atoms with Gasteiger partial charge in [0.2, 0.25) is 0 Å². The van der Waals surface area contributed by atoms with Gasteiger partial charge in [-0.3, -0.25) is 0 Å². The number of ether oxygens (including phenoxy) is 1. The third-order valence-electron chi connectivity index (χ3n) is 4.61. The minimum Gasteiger partial charge on any atom is -0.377 e. The summed E-state index contributed by atoms with van der Waals surface area (Å²) in [5, 5.41) is 3.55. The van der Waals surface area contributed by atoms with Crippen molar-refractivity contribution >= 4 is 0 Å². The van der Waals surface area contributed by atoms with Gasteiger partial charge < -0.3 is 10.1 Å². The molecule has 0 spiro atoms. The zero-order valence-corrected chi connectivity index (χ0v) is 10.2. The quantitative estimate of drug-likeness (QED) is 0.772. The molecule has 0 saturated heterocycles. The van der Waals surface area contributed by atoms with Gasteiger partial charge in [-0.05, 0) is 38.6 Å². The molecule has 1 atom stereocenters. The zero-order chi connectivity index (χ0) is 10.7. The molecule has 2 saturated carbocycles. The molecule has 0 heterocycles. The molecule has 0 amide bonds. The maximum absolute atomic E-state index is 5.90. The Balaban J connectivity index is 2.08. The second kappa shape index (κ2) is 4.84. The van der Waals surface area contributed by atoms with E-state index < -0.39 is 0 Å². The summed E-state index contributed by atoms with van der Waals surface area (Å²) in [5.41, 5.74) is 0.157. The van der Waals surface area contributed by atoms with E-state index in [1.165, 1.54) is 51.4 Å². The summed E-state index contributed by atoms with van der Waals surface area (Å²) >= 11 is 0. The Bertz CT molecular complexity index is 193. The van der Waals surface area contributed by atoms with E-state index in [4.69, 9.17) is 4.74 Å². The molecule has 2 aliphatic carbocycles. The van der Waals surface area contributed by atoms with Gasteiger partial charge in [-0.25, -0.2) is 0 Å². The van der Waals surface area contributed by atoms with Gasteiger partial charge in [0.05, 0.1) is 5.60 Å². The Hall–Kier alpha value is -0.0800. The van der Waals surface area contributed by atoms with E-state index in [0.29, 0.717) is 6.04 Å². The lowest BCUT2D eigenvalue weighted by molar-refractivity contribution is -0.0491. The fraction of sp³-hybridized carbons (Fsp3) is 1.00. The van der Waals surface area contributed by atoms with Crippen molar-refractivity contribution in [2.24, 2.45) is 5.92 Å². The van der Waals surface area contributed by atoms with Gasteiger partial charge in [-0.2, -0.15) is 0 Å². The number of hydrogen-bond acceptors (Lipinski definition) is 2. The molecule has 2 nitrogen and oxygen atoms in total. The maximum Gasteiger partial charge on any atom is 0.0833 e. The van der Waals surface area contributed by atoms with Gasteiger partial charge in [0, 0.05) is 13.2 Å². The summed E-state index contributed by atoms with van der Waals surface area (Å²) in [7, 11) is 4.02. The SMILES string of the molecule is CNC(C1CCCC1)C1(OC)CCCC1. The number of rotatable bonds is 4. The van der Waals surface area contributed by atoms with Crippen LogP contribution in [0.15, 0.2) is 0 Å². The fourth-order valence-corrected chi connectivity index (χ4v) is 3.83. The number of nitrogens with one attached hydrogen (secondary N) is 1. The van der Waals surface area contributed by atoms with Crippen molar-refractivity contribution in [2.75, 3.05) is 14.2 Å². The smallest absolute Gasteiger partial charge is 0.0833 e. The van der Waals surface area contributed by atoms with E-state index in [1.54, 1.807) is 0 Å². The largest absolute Gasteiger partial charge is 0.377 e. The predicted octanol–water partition coefficient (Wildman–Crippen LogP) is 2.72. The third kappa shape index (κ3) is 2.07. The van der Waals surface area contributed by atoms with Gasteiger partial charge in [0.25, 0.3) is 0 Å². The van der Waals surface area contributed by atoms with Gasteiger partial charge >= 0.3 is 0 Å². The molecule has 2 rings (SSSR count). The summed E-state index contributed by atoms with van der Waals surface area (Å²) in [6, 6.07) is 0.590. The summed E-state index contributed by atoms with van der Waals surface area (Å²) in [4.78, 5) is 0. The van der Waals surface area contributed by atoms with Crippen LogP contribution in [-0.4, -0.2) is 25.8 Å². The van der Waals surface area contributed by atoms with E-state index in [9.17, 15) is 0 Å². The van der Waals surface area contributed by atoms with Crippen LogP contribution in [0.25, 0.3) is 0 Å². The van der Waals surface area contributed by atoms with Crippen LogP contribution in [0.3, 0.4) is 0 Å². The molecule has 0 bridgehead atoms. The van der Waals surface area contributed by atoms with Gasteiger partial charge in [-0.1, -0.05) is 25.7 Å². The highest BCUT2D eigenvalue weighted by Crippen LogP contribution is 2.42. The lowest BCUT2D eigenvalue weighted by atomic mass is 9.82. The standard InChI is InChI=1S/C13H25NO/c1-14-12(11-7-3-4-8-11)13(15-2)9-5-6-10-13/h11-12,14H,3-10H2,1-2H3. The molecule has 2 fully saturated rings. The average Bonchev–Trinajstić information content (AvgIpc) is 2.90. The fourth-order valence-electron chi connectivity index (χ4n) is 3.83. The predicted molar refractivity (Wildman–Crippen MR) is 63.0 cm³/mol. The maximum atomic E-state index is 5.90. The molecule has 88 valence electrons.